The lowest BCUT2D eigenvalue weighted by molar-refractivity contribution is -0.330. The van der Waals surface area contributed by atoms with E-state index < -0.39 is 210 Å². The van der Waals surface area contributed by atoms with E-state index in [0.29, 0.717) is 26.1 Å². The van der Waals surface area contributed by atoms with Crippen molar-refractivity contribution < 1.29 is 108 Å². The molecule has 2 saturated heterocycles. The molecule has 668 valence electrons. The van der Waals surface area contributed by atoms with Crippen molar-refractivity contribution >= 4 is 70.5 Å². The highest BCUT2D eigenvalue weighted by Gasteiger charge is 2.52. The molecule has 7 aliphatic rings. The van der Waals surface area contributed by atoms with Gasteiger partial charge in [0.1, 0.15) is 95.5 Å². The zero-order valence-electron chi connectivity index (χ0n) is 69.5. The summed E-state index contributed by atoms with van der Waals surface area (Å²) < 4.78 is 39.2. The van der Waals surface area contributed by atoms with Crippen molar-refractivity contribution in [2.45, 2.75) is 227 Å². The molecule has 7 heterocycles. The minimum atomic E-state index is -2.33. The van der Waals surface area contributed by atoms with Crippen LogP contribution in [0, 0.1) is 5.92 Å². The number of phenols is 3. The number of carbonyl (C=O) groups is 8. The van der Waals surface area contributed by atoms with Crippen LogP contribution in [0.1, 0.15) is 175 Å². The number of aliphatic hydroxyl groups excluding tert-OH is 5. The zero-order valence-corrected chi connectivity index (χ0v) is 71.0. The number of aromatic hydroxyl groups is 3. The Balaban J connectivity index is 1.19. The molecule has 5 aromatic rings. The predicted molar refractivity (Wildman–Crippen MR) is 447 cm³/mol. The fourth-order valence-corrected chi connectivity index (χ4v) is 15.9. The van der Waals surface area contributed by atoms with Gasteiger partial charge in [-0.2, -0.15) is 0 Å². The van der Waals surface area contributed by atoms with Crippen molar-refractivity contribution in [1.29, 1.82) is 0 Å². The summed E-state index contributed by atoms with van der Waals surface area (Å²) in [6, 6.07) is 0.0606. The molecule has 122 heavy (non-hydrogen) atoms. The van der Waals surface area contributed by atoms with Crippen molar-refractivity contribution in [1.82, 2.24) is 58.1 Å². The van der Waals surface area contributed by atoms with Crippen LogP contribution in [0.3, 0.4) is 0 Å². The van der Waals surface area contributed by atoms with Crippen LogP contribution in [-0.4, -0.2) is 232 Å². The lowest BCUT2D eigenvalue weighted by atomic mass is 9.86. The summed E-state index contributed by atoms with van der Waals surface area (Å²) in [6.45, 7) is 10.2. The molecule has 0 unspecified atom stereocenters. The fourth-order valence-electron chi connectivity index (χ4n) is 15.4. The molecule has 0 spiro atoms. The first-order valence-corrected chi connectivity index (χ1v) is 42.0. The number of rotatable bonds is 31. The Morgan fingerprint density at radius 1 is 0.680 bits per heavy atom. The first kappa shape index (κ1) is 94.9. The summed E-state index contributed by atoms with van der Waals surface area (Å²) in [5.74, 6) is -14.1. The minimum Gasteiger partial charge on any atom is -0.507 e. The number of ether oxygens (including phenoxy) is 6. The second-order valence-electron chi connectivity index (χ2n) is 32.5. The number of halogens is 2. The van der Waals surface area contributed by atoms with Crippen molar-refractivity contribution in [2.75, 3.05) is 60.4 Å². The largest absolute Gasteiger partial charge is 0.507 e. The molecule has 0 aliphatic carbocycles. The van der Waals surface area contributed by atoms with E-state index in [1.54, 1.807) is 0 Å². The van der Waals surface area contributed by atoms with Crippen LogP contribution in [0.25, 0.3) is 11.1 Å². The number of nitrogens with one attached hydrogen (secondary N) is 10. The van der Waals surface area contributed by atoms with E-state index >= 15 is 28.8 Å². The quantitative estimate of drug-likeness (QED) is 0.0284. The van der Waals surface area contributed by atoms with E-state index in [2.05, 4.69) is 60.1 Å². The maximum Gasteiger partial charge on any atom is 0.248 e. The van der Waals surface area contributed by atoms with Gasteiger partial charge in [-0.1, -0.05) is 107 Å². The zero-order chi connectivity index (χ0) is 88.7. The number of nitrogens with zero attached hydrogens (tertiary/aromatic N) is 1. The topological polar surface area (TPSA) is 555 Å². The standard InChI is InChI=1S/C84H116Cl2N14O22/c1-9-10-11-12-13-14-15-16-24-91-26-27-92-39-48-54(102)35-47-62(70(48)106)46-30-42(18-21-53(46)101)63-79(113)99-67(82(116)97-65(47)78(112)93-25-17-28-100(7)8)69(105)44-20-23-56(50(86)32-44)119-58-34-45-33-57(73(58)122-83-74(72(108)71(107)59(38-87)120-83)121-61-37-84(5,89)75(109)41(4)117-61)118-55-22-19-43(31-49(55)85)68(104)66(98-76(110)51(90-6)29-40(2)3)81(115)94-52(36-60(88)103)77(111)95-64(45)80(114)96-63/h18-23,30-35,40-41,51-52,59,61,63-69,71-72,74-75,83,90-92,101-102,104-109H,9-17,24-29,36-39,87,89H2,1-8H3,(H2,88,103)(H,93,112)(H,94,115)(H,95,111)(H,96,114)(H,97,116)(H,98,110)(H,99,113)/t41-,51+,52-,59+,61-,63+,64+,65-,66+,67-,68+,69+,71+,72-,74+,75+,83-,84-/m0/s1. The van der Waals surface area contributed by atoms with Gasteiger partial charge in [-0.05, 0) is 156 Å². The van der Waals surface area contributed by atoms with Crippen LogP contribution in [0.4, 0.5) is 0 Å². The molecule has 0 radical (unpaired) electrons. The van der Waals surface area contributed by atoms with Crippen LogP contribution in [-0.2, 0) is 59.1 Å². The second kappa shape index (κ2) is 42.9. The Hall–Kier alpha value is -9.32. The van der Waals surface area contributed by atoms with E-state index in [9.17, 15) is 50.4 Å². The Bertz CT molecular complexity index is 4550. The highest BCUT2D eigenvalue weighted by Crippen LogP contribution is 2.51. The molecule has 12 rings (SSSR count). The number of likely N-dealkylation sites (N-methyl/N-ethyl adjacent to an activating group) is 1. The number of phenolic OH excluding ortho intramolecular Hbond substituents is 3. The molecule has 5 aromatic carbocycles. The molecule has 2 fully saturated rings. The molecule has 8 amide bonds. The fraction of sp³-hybridized carbons (Fsp3) is 0.548. The number of benzene rings is 5. The van der Waals surface area contributed by atoms with E-state index in [0.717, 1.165) is 75.0 Å². The normalized spacial score (nSPS) is 26.5. The van der Waals surface area contributed by atoms with E-state index in [1.165, 1.54) is 76.6 Å². The van der Waals surface area contributed by atoms with E-state index in [-0.39, 0.29) is 92.3 Å². The Morgan fingerprint density at radius 2 is 1.30 bits per heavy atom. The maximum absolute atomic E-state index is 16.5. The van der Waals surface area contributed by atoms with Crippen LogP contribution in [0.15, 0.2) is 72.8 Å². The molecule has 18 atom stereocenters. The molecular formula is C84H116Cl2N14O22. The first-order valence-electron chi connectivity index (χ1n) is 41.2. The SMILES string of the molecule is CCCCCCCCCCNCCNCc1c(O)cc2c(c1O)-c1cc(ccc1O)[C@H]1NC(=O)[C@@H]3NC(=O)[C@H](CC(N)=O)NC(=O)[C@H](NC(=O)[C@@H](CC(C)C)NC)[C@H](O)c4ccc(c(Cl)c4)Oc4cc3cc(c4O[C@@H]3O[C@H](CN)[C@@H](O)[C@H](O)[C@H]3O[C@H]3C[C@](C)(N)[C@H](O)[C@H](C)O3)Oc3ccc(cc3Cl)[C@@H](O)[C@H](NC1=O)C(=O)N[C@@H]2C(=O)NCCCN(C)C. The average molecular weight is 1740 g/mol. The van der Waals surface area contributed by atoms with Gasteiger partial charge in [0.15, 0.2) is 23.9 Å². The molecule has 36 nitrogen and oxygen atoms in total. The molecular weight excluding hydrogens is 1630 g/mol. The Morgan fingerprint density at radius 3 is 1.91 bits per heavy atom. The molecule has 0 aromatic heterocycles. The van der Waals surface area contributed by atoms with Gasteiger partial charge in [0.25, 0.3) is 0 Å². The monoisotopic (exact) mass is 1740 g/mol. The first-order chi connectivity index (χ1) is 58.0. The van der Waals surface area contributed by atoms with Gasteiger partial charge in [-0.25, -0.2) is 0 Å². The average Bonchev–Trinajstić information content (AvgIpc) is 0.759. The van der Waals surface area contributed by atoms with E-state index in [4.69, 9.17) is 68.8 Å². The third-order valence-corrected chi connectivity index (χ3v) is 22.8. The van der Waals surface area contributed by atoms with E-state index in [1.807, 2.05) is 32.8 Å². The van der Waals surface area contributed by atoms with Gasteiger partial charge in [0.2, 0.25) is 59.3 Å². The van der Waals surface area contributed by atoms with Crippen LogP contribution < -0.4 is 84.6 Å². The number of carbonyl (C=O) groups excluding carboxylic acids is 8. The lowest BCUT2D eigenvalue weighted by Gasteiger charge is -2.47. The number of hydrogen-bond donors (Lipinski definition) is 21. The molecule has 11 bridgehead atoms. The summed E-state index contributed by atoms with van der Waals surface area (Å²) in [5, 5.41) is 124. The van der Waals surface area contributed by atoms with Crippen LogP contribution in [0.5, 0.6) is 46.0 Å². The molecule has 24 N–H and O–H groups in total. The highest BCUT2D eigenvalue weighted by atomic mass is 35.5. The number of hydrogen-bond acceptors (Lipinski definition) is 28. The van der Waals surface area contributed by atoms with Crippen molar-refractivity contribution in [3.63, 3.8) is 0 Å². The number of fused-ring (bicyclic) bond motifs is 15. The highest BCUT2D eigenvalue weighted by molar-refractivity contribution is 6.32. The summed E-state index contributed by atoms with van der Waals surface area (Å²) in [6.07, 6.45) is -8.42. The minimum absolute atomic E-state index is 0.00144. The Kier molecular flexibility index (Phi) is 33.3. The molecule has 0 saturated carbocycles. The summed E-state index contributed by atoms with van der Waals surface area (Å²) >= 11 is 14.4. The molecule has 38 heteroatoms. The summed E-state index contributed by atoms with van der Waals surface area (Å²) in [5.41, 5.74) is 15.0. The number of nitrogens with two attached hydrogens (primary N) is 3. The van der Waals surface area contributed by atoms with Gasteiger partial charge in [-0.3, -0.25) is 38.4 Å². The molecule has 7 aliphatic heterocycles. The van der Waals surface area contributed by atoms with Crippen molar-refractivity contribution in [3.05, 3.63) is 116 Å². The Labute approximate surface area is 717 Å². The number of amides is 8. The van der Waals surface area contributed by atoms with Gasteiger partial charge in [-0.15, -0.1) is 0 Å². The van der Waals surface area contributed by atoms with Crippen molar-refractivity contribution in [2.24, 2.45) is 23.1 Å². The second-order valence-corrected chi connectivity index (χ2v) is 33.4. The number of aliphatic hydroxyl groups is 5. The van der Waals surface area contributed by atoms with Gasteiger partial charge >= 0.3 is 0 Å². The van der Waals surface area contributed by atoms with Gasteiger partial charge in [0, 0.05) is 55.8 Å². The van der Waals surface area contributed by atoms with Crippen LogP contribution in [0.2, 0.25) is 10.0 Å². The smallest absolute Gasteiger partial charge is 0.248 e. The maximum atomic E-state index is 16.5. The van der Waals surface area contributed by atoms with Crippen LogP contribution >= 0.6 is 23.2 Å². The van der Waals surface area contributed by atoms with Crippen molar-refractivity contribution in [3.8, 4) is 57.1 Å². The van der Waals surface area contributed by atoms with Gasteiger partial charge in [0.05, 0.1) is 40.3 Å². The summed E-state index contributed by atoms with van der Waals surface area (Å²) in [7, 11) is 5.12. The lowest BCUT2D eigenvalue weighted by Crippen LogP contribution is -2.65. The third kappa shape index (κ3) is 23.4. The number of unbranched alkanes of at least 4 members (excludes halogenated alkanes) is 7. The third-order valence-electron chi connectivity index (χ3n) is 22.2. The summed E-state index contributed by atoms with van der Waals surface area (Å²) in [4.78, 5) is 124. The van der Waals surface area contributed by atoms with Gasteiger partial charge < -0.3 is 145 Å². The number of primary amides is 1. The predicted octanol–water partition coefficient (Wildman–Crippen LogP) is 2.88.